The van der Waals surface area contributed by atoms with E-state index in [2.05, 4.69) is 12.1 Å². The van der Waals surface area contributed by atoms with Gasteiger partial charge in [-0.25, -0.2) is 0 Å². The van der Waals surface area contributed by atoms with Crippen LogP contribution < -0.4 is 17.6 Å². The van der Waals surface area contributed by atoms with Gasteiger partial charge in [-0.15, -0.1) is 0 Å². The molecule has 0 saturated heterocycles. The molecule has 0 amide bonds. The first-order chi connectivity index (χ1) is 3.95. The predicted molar refractivity (Wildman–Crippen MR) is 36.5 cm³/mol. The summed E-state index contributed by atoms with van der Waals surface area (Å²) in [5, 5.41) is 0. The third kappa shape index (κ3) is 0.391. The molecule has 2 heterocycles. The molecule has 0 aliphatic carbocycles. The van der Waals surface area contributed by atoms with Crippen LogP contribution in [-0.2, 0) is 0 Å². The molecule has 0 fully saturated rings. The molecule has 0 atom stereocenters. The summed E-state index contributed by atoms with van der Waals surface area (Å²) in [4.78, 5) is 0. The van der Waals surface area contributed by atoms with Crippen LogP contribution in [0.5, 0.6) is 0 Å². The molecular weight excluding hydrogens is 217 g/mol. The van der Waals surface area contributed by atoms with Crippen LogP contribution in [0.3, 0.4) is 0 Å². The van der Waals surface area contributed by atoms with Crippen LogP contribution in [0.4, 0.5) is 0 Å². The molecule has 2 heteroatoms. The van der Waals surface area contributed by atoms with Crippen molar-refractivity contribution in [2.24, 2.45) is 0 Å². The summed E-state index contributed by atoms with van der Waals surface area (Å²) in [6.07, 6.45) is 0. The van der Waals surface area contributed by atoms with Gasteiger partial charge in [0.15, 0.2) is 0 Å². The molecule has 0 nitrogen and oxygen atoms in total. The second-order valence-corrected chi connectivity index (χ2v) is 7.57. The van der Waals surface area contributed by atoms with Gasteiger partial charge in [0.05, 0.1) is 0 Å². The molecule has 0 unspecified atom stereocenters. The van der Waals surface area contributed by atoms with E-state index in [1.807, 2.05) is 8.79 Å². The van der Waals surface area contributed by atoms with Crippen molar-refractivity contribution in [3.8, 4) is 0 Å². The van der Waals surface area contributed by atoms with E-state index in [1.165, 1.54) is 0 Å². The molecule has 8 heavy (non-hydrogen) atoms. The molecule has 0 spiro atoms. The molecule has 1 aromatic carbocycles. The van der Waals surface area contributed by atoms with Crippen LogP contribution in [0.15, 0.2) is 12.1 Å². The Morgan fingerprint density at radius 1 is 0.875 bits per heavy atom. The van der Waals surface area contributed by atoms with Crippen molar-refractivity contribution >= 4 is 48.4 Å². The molecule has 1 aromatic rings. The second-order valence-electron chi connectivity index (χ2n) is 2.16. The van der Waals surface area contributed by atoms with Crippen LogP contribution in [0.25, 0.3) is 0 Å². The van der Waals surface area contributed by atoms with Crippen molar-refractivity contribution in [3.05, 3.63) is 12.1 Å². The third-order valence-electron chi connectivity index (χ3n) is 1.60. The zero-order chi connectivity index (χ0) is 5.14. The first-order valence-corrected chi connectivity index (χ1v) is 6.86. The third-order valence-corrected chi connectivity index (χ3v) is 7.76. The fourth-order valence-electron chi connectivity index (χ4n) is 1.02. The summed E-state index contributed by atoms with van der Waals surface area (Å²) in [5.74, 6) is 0. The van der Waals surface area contributed by atoms with Gasteiger partial charge in [0, 0.05) is 0 Å². The summed E-state index contributed by atoms with van der Waals surface area (Å²) in [5.41, 5.74) is 0. The molecule has 0 N–H and O–H groups in total. The maximum atomic E-state index is 2.35. The Labute approximate surface area is 60.6 Å². The molecule has 2 aliphatic rings. The number of rotatable bonds is 0. The van der Waals surface area contributed by atoms with Crippen LogP contribution in [0.1, 0.15) is 0 Å². The standard InChI is InChI=1S/C6H2Ge2/c1-2-4-6(8-4)5-3(1)7-5/h1-2H. The van der Waals surface area contributed by atoms with Crippen molar-refractivity contribution in [2.45, 2.75) is 0 Å². The molecule has 0 saturated carbocycles. The Morgan fingerprint density at radius 2 is 1.38 bits per heavy atom. The molecule has 2 aliphatic heterocycles. The Kier molecular flexibility index (Phi) is 0.570. The van der Waals surface area contributed by atoms with E-state index in [0.717, 1.165) is 0 Å². The van der Waals surface area contributed by atoms with E-state index in [9.17, 15) is 0 Å². The predicted octanol–water partition coefficient (Wildman–Crippen LogP) is -2.38. The van der Waals surface area contributed by atoms with Gasteiger partial charge in [0.25, 0.3) is 0 Å². The van der Waals surface area contributed by atoms with Crippen LogP contribution >= 0.6 is 0 Å². The van der Waals surface area contributed by atoms with Crippen molar-refractivity contribution < 1.29 is 0 Å². The monoisotopic (exact) mass is 222 g/mol. The van der Waals surface area contributed by atoms with E-state index in [4.69, 9.17) is 0 Å². The van der Waals surface area contributed by atoms with Gasteiger partial charge in [-0.2, -0.15) is 0 Å². The summed E-state index contributed by atoms with van der Waals surface area (Å²) in [6.45, 7) is 0. The zero-order valence-corrected chi connectivity index (χ0v) is 8.35. The quantitative estimate of drug-likeness (QED) is 0.371. The summed E-state index contributed by atoms with van der Waals surface area (Å²) >= 11 is 0.755. The minimum absolute atomic E-state index is 0.377. The number of fused-ring (bicyclic) bond motifs is 3. The van der Waals surface area contributed by atoms with Gasteiger partial charge in [-0.05, 0) is 0 Å². The van der Waals surface area contributed by atoms with Crippen molar-refractivity contribution in [1.82, 2.24) is 0 Å². The van der Waals surface area contributed by atoms with Gasteiger partial charge < -0.3 is 0 Å². The normalized spacial score (nSPS) is 17.0. The first kappa shape index (κ1) is 4.17. The fourth-order valence-corrected chi connectivity index (χ4v) is 7.01. The maximum absolute atomic E-state index is 2.35. The van der Waals surface area contributed by atoms with E-state index >= 15 is 0 Å². The average Bonchev–Trinajstić information content (AvgIpc) is 2.59. The molecular formula is C6H2Ge2. The van der Waals surface area contributed by atoms with E-state index in [1.54, 1.807) is 8.79 Å². The topological polar surface area (TPSA) is 0 Å². The average molecular weight is 219 g/mol. The zero-order valence-electron chi connectivity index (χ0n) is 4.15. The Hall–Kier alpha value is 0.306. The molecule has 34 valence electrons. The van der Waals surface area contributed by atoms with Gasteiger partial charge >= 0.3 is 60.6 Å². The summed E-state index contributed by atoms with van der Waals surface area (Å²) < 4.78 is 7.21. The Bertz CT molecular complexity index is 249. The van der Waals surface area contributed by atoms with Crippen molar-refractivity contribution in [1.29, 1.82) is 0 Å². The second kappa shape index (κ2) is 1.09. The van der Waals surface area contributed by atoms with Gasteiger partial charge in [-0.3, -0.25) is 0 Å². The number of benzene rings is 1. The minimum atomic E-state index is 0.377. The molecule has 0 aromatic heterocycles. The SMILES string of the molecule is c1c[c]2[c]([c]3[c]1[Ge]3)[Ge]2. The molecule has 3 rings (SSSR count). The first-order valence-electron chi connectivity index (χ1n) is 2.66. The molecule has 0 bridgehead atoms. The molecule has 4 radical (unpaired) electrons. The number of hydrogen-bond donors (Lipinski definition) is 0. The Morgan fingerprint density at radius 3 is 1.88 bits per heavy atom. The summed E-state index contributed by atoms with van der Waals surface area (Å²) in [6, 6.07) is 4.70. The number of hydrogen-bond acceptors (Lipinski definition) is 0. The van der Waals surface area contributed by atoms with Crippen LogP contribution in [-0.4, -0.2) is 30.9 Å². The van der Waals surface area contributed by atoms with E-state index in [0.29, 0.717) is 30.9 Å². The van der Waals surface area contributed by atoms with Gasteiger partial charge in [-0.1, -0.05) is 0 Å². The van der Waals surface area contributed by atoms with Crippen molar-refractivity contribution in [3.63, 3.8) is 0 Å². The van der Waals surface area contributed by atoms with E-state index < -0.39 is 0 Å². The van der Waals surface area contributed by atoms with Gasteiger partial charge in [0.1, 0.15) is 0 Å². The summed E-state index contributed by atoms with van der Waals surface area (Å²) in [7, 11) is 0. The van der Waals surface area contributed by atoms with Crippen LogP contribution in [0.2, 0.25) is 0 Å². The van der Waals surface area contributed by atoms with Gasteiger partial charge in [0.2, 0.25) is 0 Å². The van der Waals surface area contributed by atoms with Crippen molar-refractivity contribution in [2.75, 3.05) is 0 Å². The fraction of sp³-hybridized carbons (Fsp3) is 0. The Balaban J connectivity index is 2.55. The van der Waals surface area contributed by atoms with E-state index in [-0.39, 0.29) is 0 Å². The van der Waals surface area contributed by atoms with Crippen LogP contribution in [0, 0.1) is 0 Å².